The van der Waals surface area contributed by atoms with E-state index in [-0.39, 0.29) is 11.8 Å². The molecule has 160 valence electrons. The maximum absolute atomic E-state index is 11.8. The topological polar surface area (TPSA) is 45.6 Å². The molecule has 1 saturated carbocycles. The Labute approximate surface area is 180 Å². The first-order chi connectivity index (χ1) is 14.6. The molecule has 2 heterocycles. The van der Waals surface area contributed by atoms with Gasteiger partial charge in [0, 0.05) is 43.2 Å². The Morgan fingerprint density at radius 2 is 1.83 bits per heavy atom. The zero-order valence-corrected chi connectivity index (χ0v) is 18.4. The van der Waals surface area contributed by atoms with E-state index < -0.39 is 5.60 Å². The van der Waals surface area contributed by atoms with Crippen LogP contribution in [-0.2, 0) is 25.0 Å². The highest BCUT2D eigenvalue weighted by Gasteiger charge is 2.52. The van der Waals surface area contributed by atoms with Crippen molar-refractivity contribution >= 4 is 0 Å². The van der Waals surface area contributed by atoms with Crippen LogP contribution in [0.3, 0.4) is 0 Å². The zero-order valence-electron chi connectivity index (χ0n) is 18.4. The Hall–Kier alpha value is -1.91. The number of hydrogen-bond donors (Lipinski definition) is 1. The summed E-state index contributed by atoms with van der Waals surface area (Å²) in [7, 11) is 0. The second-order valence-corrected chi connectivity index (χ2v) is 9.58. The molecule has 1 saturated heterocycles. The summed E-state index contributed by atoms with van der Waals surface area (Å²) in [4.78, 5) is 7.21. The smallest absolute Gasteiger partial charge is 0.124 e. The lowest BCUT2D eigenvalue weighted by atomic mass is 9.64. The van der Waals surface area contributed by atoms with Crippen LogP contribution in [0.4, 0.5) is 0 Å². The Kier molecular flexibility index (Phi) is 5.32. The van der Waals surface area contributed by atoms with Crippen LogP contribution in [-0.4, -0.2) is 34.7 Å². The minimum absolute atomic E-state index is 0.241. The average molecular weight is 407 g/mol. The normalized spacial score (nSPS) is 28.4. The number of ether oxygens (including phenoxy) is 1. The molecule has 3 aliphatic rings. The van der Waals surface area contributed by atoms with Crippen molar-refractivity contribution in [3.05, 3.63) is 58.4 Å². The number of pyridine rings is 1. The molecule has 1 aromatic carbocycles. The van der Waals surface area contributed by atoms with Crippen molar-refractivity contribution in [3.63, 3.8) is 0 Å². The molecule has 4 nitrogen and oxygen atoms in total. The third-order valence-electron chi connectivity index (χ3n) is 7.60. The average Bonchev–Trinajstić information content (AvgIpc) is 3.17. The van der Waals surface area contributed by atoms with Gasteiger partial charge in [-0.1, -0.05) is 18.6 Å². The summed E-state index contributed by atoms with van der Waals surface area (Å²) in [6.07, 6.45) is 8.88. The monoisotopic (exact) mass is 406 g/mol. The highest BCUT2D eigenvalue weighted by atomic mass is 16.5. The standard InChI is InChI=1S/C26H34N2O2/c1-3-30-24-13-20-7-4-6-19(20)12-21(24)15-28-16-22-8-5-9-23(17-28)26(22,29)25-11-10-18(2)14-27-25/h10-14,22-23,29H,3-9,15-17H2,1-2H3. The zero-order chi connectivity index (χ0) is 20.7. The maximum atomic E-state index is 11.8. The van der Waals surface area contributed by atoms with Crippen molar-refractivity contribution in [2.45, 2.75) is 64.5 Å². The van der Waals surface area contributed by atoms with Crippen molar-refractivity contribution in [1.82, 2.24) is 9.88 Å². The highest BCUT2D eigenvalue weighted by Crippen LogP contribution is 2.49. The number of aliphatic hydroxyl groups is 1. The predicted octanol–water partition coefficient (Wildman–Crippen LogP) is 4.40. The van der Waals surface area contributed by atoms with Gasteiger partial charge in [0.1, 0.15) is 11.4 Å². The summed E-state index contributed by atoms with van der Waals surface area (Å²) in [6, 6.07) is 8.81. The van der Waals surface area contributed by atoms with Gasteiger partial charge >= 0.3 is 0 Å². The number of nitrogens with zero attached hydrogens (tertiary/aromatic N) is 2. The van der Waals surface area contributed by atoms with Crippen LogP contribution in [0.1, 0.15) is 60.6 Å². The van der Waals surface area contributed by atoms with Crippen LogP contribution in [0.15, 0.2) is 30.5 Å². The van der Waals surface area contributed by atoms with Gasteiger partial charge in [-0.15, -0.1) is 0 Å². The number of piperidine rings is 1. The second kappa shape index (κ2) is 7.97. The van der Waals surface area contributed by atoms with E-state index in [1.54, 1.807) is 0 Å². The first kappa shape index (κ1) is 20.0. The molecular formula is C26H34N2O2. The van der Waals surface area contributed by atoms with Gasteiger partial charge in [-0.05, 0) is 74.8 Å². The molecule has 2 bridgehead atoms. The summed E-state index contributed by atoms with van der Waals surface area (Å²) < 4.78 is 6.03. The van der Waals surface area contributed by atoms with E-state index >= 15 is 0 Å². The molecule has 2 aromatic rings. The van der Waals surface area contributed by atoms with E-state index in [0.29, 0.717) is 6.61 Å². The molecule has 2 unspecified atom stereocenters. The van der Waals surface area contributed by atoms with Crippen molar-refractivity contribution in [2.24, 2.45) is 11.8 Å². The van der Waals surface area contributed by atoms with Crippen molar-refractivity contribution in [2.75, 3.05) is 19.7 Å². The van der Waals surface area contributed by atoms with Gasteiger partial charge in [-0.3, -0.25) is 9.88 Å². The molecule has 2 aliphatic carbocycles. The molecule has 0 radical (unpaired) electrons. The van der Waals surface area contributed by atoms with E-state index in [0.717, 1.165) is 49.5 Å². The third-order valence-corrected chi connectivity index (χ3v) is 7.60. The van der Waals surface area contributed by atoms with Crippen LogP contribution in [0.25, 0.3) is 0 Å². The largest absolute Gasteiger partial charge is 0.494 e. The van der Waals surface area contributed by atoms with Crippen LogP contribution < -0.4 is 4.74 Å². The van der Waals surface area contributed by atoms with Gasteiger partial charge in [-0.2, -0.15) is 0 Å². The molecule has 1 aromatic heterocycles. The molecule has 1 aliphatic heterocycles. The maximum Gasteiger partial charge on any atom is 0.124 e. The molecule has 0 spiro atoms. The van der Waals surface area contributed by atoms with Crippen molar-refractivity contribution in [1.29, 1.82) is 0 Å². The fourth-order valence-corrected chi connectivity index (χ4v) is 6.10. The predicted molar refractivity (Wildman–Crippen MR) is 119 cm³/mol. The number of likely N-dealkylation sites (tertiary alicyclic amines) is 1. The summed E-state index contributed by atoms with van der Waals surface area (Å²) in [5.41, 5.74) is 5.52. The van der Waals surface area contributed by atoms with E-state index in [1.165, 1.54) is 42.4 Å². The fourth-order valence-electron chi connectivity index (χ4n) is 6.10. The first-order valence-corrected chi connectivity index (χ1v) is 11.7. The molecule has 1 N–H and O–H groups in total. The summed E-state index contributed by atoms with van der Waals surface area (Å²) in [5, 5.41) is 11.8. The lowest BCUT2D eigenvalue weighted by Gasteiger charge is -2.52. The number of rotatable bonds is 5. The minimum atomic E-state index is -0.789. The molecule has 30 heavy (non-hydrogen) atoms. The molecule has 4 heteroatoms. The summed E-state index contributed by atoms with van der Waals surface area (Å²) in [6.45, 7) is 7.58. The Bertz CT molecular complexity index is 894. The van der Waals surface area contributed by atoms with Gasteiger partial charge in [0.2, 0.25) is 0 Å². The third kappa shape index (κ3) is 3.44. The van der Waals surface area contributed by atoms with E-state index in [4.69, 9.17) is 4.74 Å². The Balaban J connectivity index is 1.40. The van der Waals surface area contributed by atoms with Gasteiger partial charge < -0.3 is 9.84 Å². The number of aromatic nitrogens is 1. The van der Waals surface area contributed by atoms with E-state index in [9.17, 15) is 5.11 Å². The van der Waals surface area contributed by atoms with Crippen LogP contribution in [0, 0.1) is 18.8 Å². The highest BCUT2D eigenvalue weighted by molar-refractivity contribution is 5.45. The van der Waals surface area contributed by atoms with Crippen molar-refractivity contribution < 1.29 is 9.84 Å². The van der Waals surface area contributed by atoms with Gasteiger partial charge in [0.25, 0.3) is 0 Å². The van der Waals surface area contributed by atoms with Crippen LogP contribution in [0.5, 0.6) is 5.75 Å². The van der Waals surface area contributed by atoms with Crippen molar-refractivity contribution in [3.8, 4) is 5.75 Å². The number of fused-ring (bicyclic) bond motifs is 3. The SMILES string of the molecule is CCOc1cc2c(cc1CN1CC3CCCC(C1)C3(O)c1ccc(C)cn1)CCC2. The van der Waals surface area contributed by atoms with Crippen LogP contribution >= 0.6 is 0 Å². The number of aryl methyl sites for hydroxylation is 3. The molecule has 2 fully saturated rings. The van der Waals surface area contributed by atoms with Gasteiger partial charge in [0.15, 0.2) is 0 Å². The van der Waals surface area contributed by atoms with Gasteiger partial charge in [-0.25, -0.2) is 0 Å². The summed E-state index contributed by atoms with van der Waals surface area (Å²) in [5.74, 6) is 1.54. The molecule has 2 atom stereocenters. The molecular weight excluding hydrogens is 372 g/mol. The van der Waals surface area contributed by atoms with Gasteiger partial charge in [0.05, 0.1) is 12.3 Å². The van der Waals surface area contributed by atoms with Crippen LogP contribution in [0.2, 0.25) is 0 Å². The first-order valence-electron chi connectivity index (χ1n) is 11.7. The lowest BCUT2D eigenvalue weighted by Crippen LogP contribution is -2.58. The summed E-state index contributed by atoms with van der Waals surface area (Å²) >= 11 is 0. The Morgan fingerprint density at radius 1 is 1.10 bits per heavy atom. The molecule has 5 rings (SSSR count). The number of hydrogen-bond acceptors (Lipinski definition) is 4. The Morgan fingerprint density at radius 3 is 2.50 bits per heavy atom. The second-order valence-electron chi connectivity index (χ2n) is 9.58. The molecule has 0 amide bonds. The lowest BCUT2D eigenvalue weighted by molar-refractivity contribution is -0.151. The number of benzene rings is 1. The van der Waals surface area contributed by atoms with E-state index in [1.807, 2.05) is 12.3 Å². The quantitative estimate of drug-likeness (QED) is 0.800. The minimum Gasteiger partial charge on any atom is -0.494 e. The fraction of sp³-hybridized carbons (Fsp3) is 0.577. The van der Waals surface area contributed by atoms with E-state index in [2.05, 4.69) is 41.9 Å².